The molecular weight excluding hydrogens is 430 g/mol. The van der Waals surface area contributed by atoms with Crippen molar-refractivity contribution in [3.63, 3.8) is 0 Å². The van der Waals surface area contributed by atoms with E-state index in [0.717, 1.165) is 38.3 Å². The minimum atomic E-state index is -0.481. The SMILES string of the molecule is CCCn1c(=O)n(C)c(=O)c2c(C(=O)N(C)OC)c(Cc3c(C)[nH]c4ncccc34)sc21. The number of carbonyl (C=O) groups excluding carboxylic acids is 1. The van der Waals surface area contributed by atoms with E-state index in [-0.39, 0.29) is 16.6 Å². The minimum absolute atomic E-state index is 0.255. The lowest BCUT2D eigenvalue weighted by molar-refractivity contribution is -0.0756. The second kappa shape index (κ2) is 8.36. The summed E-state index contributed by atoms with van der Waals surface area (Å²) in [5.41, 5.74) is 2.11. The zero-order valence-corrected chi connectivity index (χ0v) is 19.5. The average Bonchev–Trinajstić information content (AvgIpc) is 3.32. The van der Waals surface area contributed by atoms with Crippen LogP contribution in [0.1, 0.15) is 39.8 Å². The first-order chi connectivity index (χ1) is 15.3. The first-order valence-electron chi connectivity index (χ1n) is 10.3. The molecule has 4 aromatic heterocycles. The van der Waals surface area contributed by atoms with E-state index in [0.29, 0.717) is 22.7 Å². The molecule has 1 N–H and O–H groups in total. The summed E-state index contributed by atoms with van der Waals surface area (Å²) < 4.78 is 2.65. The molecule has 10 heteroatoms. The van der Waals surface area contributed by atoms with Crippen molar-refractivity contribution in [2.75, 3.05) is 14.2 Å². The van der Waals surface area contributed by atoms with Gasteiger partial charge >= 0.3 is 5.69 Å². The molecule has 0 aliphatic rings. The van der Waals surface area contributed by atoms with Crippen LogP contribution < -0.4 is 11.2 Å². The van der Waals surface area contributed by atoms with Gasteiger partial charge in [0.1, 0.15) is 10.5 Å². The number of carbonyl (C=O) groups is 1. The van der Waals surface area contributed by atoms with Gasteiger partial charge in [-0.25, -0.2) is 14.8 Å². The number of amides is 1. The van der Waals surface area contributed by atoms with Gasteiger partial charge in [0.2, 0.25) is 0 Å². The van der Waals surface area contributed by atoms with Gasteiger partial charge in [0.15, 0.2) is 0 Å². The molecule has 1 amide bonds. The Morgan fingerprint density at radius 1 is 1.34 bits per heavy atom. The van der Waals surface area contributed by atoms with Crippen LogP contribution in [-0.4, -0.2) is 44.2 Å². The van der Waals surface area contributed by atoms with Crippen LogP contribution in [0, 0.1) is 6.92 Å². The van der Waals surface area contributed by atoms with Gasteiger partial charge < -0.3 is 4.98 Å². The third kappa shape index (κ3) is 3.35. The smallest absolute Gasteiger partial charge is 0.331 e. The number of hydroxylamine groups is 2. The van der Waals surface area contributed by atoms with Crippen LogP contribution in [0.25, 0.3) is 21.3 Å². The molecule has 0 spiro atoms. The van der Waals surface area contributed by atoms with Crippen LogP contribution >= 0.6 is 11.3 Å². The Hall–Kier alpha value is -3.24. The molecule has 168 valence electrons. The second-order valence-electron chi connectivity index (χ2n) is 7.67. The van der Waals surface area contributed by atoms with Crippen molar-refractivity contribution >= 4 is 38.5 Å². The molecule has 0 saturated heterocycles. The summed E-state index contributed by atoms with van der Waals surface area (Å²) >= 11 is 1.31. The van der Waals surface area contributed by atoms with Crippen molar-refractivity contribution in [1.29, 1.82) is 0 Å². The number of H-pyrrole nitrogens is 1. The highest BCUT2D eigenvalue weighted by Gasteiger charge is 2.28. The number of nitrogens with one attached hydrogen (secondary N) is 1. The predicted molar refractivity (Wildman–Crippen MR) is 124 cm³/mol. The van der Waals surface area contributed by atoms with E-state index < -0.39 is 11.5 Å². The largest absolute Gasteiger partial charge is 0.343 e. The zero-order chi connectivity index (χ0) is 23.2. The molecule has 32 heavy (non-hydrogen) atoms. The lowest BCUT2D eigenvalue weighted by Gasteiger charge is -2.15. The molecule has 0 fully saturated rings. The summed E-state index contributed by atoms with van der Waals surface area (Å²) in [6.45, 7) is 4.37. The van der Waals surface area contributed by atoms with Crippen LogP contribution in [0.15, 0.2) is 27.9 Å². The lowest BCUT2D eigenvalue weighted by atomic mass is 10.0. The van der Waals surface area contributed by atoms with E-state index in [1.54, 1.807) is 10.8 Å². The Labute approximate surface area is 187 Å². The maximum atomic E-state index is 13.3. The van der Waals surface area contributed by atoms with Gasteiger partial charge in [0.25, 0.3) is 11.5 Å². The van der Waals surface area contributed by atoms with Crippen LogP contribution in [0.3, 0.4) is 0 Å². The fourth-order valence-electron chi connectivity index (χ4n) is 3.98. The maximum Gasteiger partial charge on any atom is 0.331 e. The summed E-state index contributed by atoms with van der Waals surface area (Å²) in [6.07, 6.45) is 2.85. The number of hydrogen-bond donors (Lipinski definition) is 1. The van der Waals surface area contributed by atoms with Gasteiger partial charge in [-0.1, -0.05) is 6.92 Å². The number of thiophene rings is 1. The summed E-state index contributed by atoms with van der Waals surface area (Å²) in [5.74, 6) is -0.428. The van der Waals surface area contributed by atoms with Gasteiger partial charge in [-0.2, -0.15) is 0 Å². The van der Waals surface area contributed by atoms with E-state index in [1.807, 2.05) is 26.0 Å². The van der Waals surface area contributed by atoms with Crippen molar-refractivity contribution < 1.29 is 9.63 Å². The standard InChI is InChI=1S/C22H25N5O4S/c1-6-10-27-21-17(19(28)25(3)22(27)30)16(20(29)26(4)31-5)15(32-21)11-14-12(2)24-18-13(14)8-7-9-23-18/h7-9H,6,10-11H2,1-5H3,(H,23,24). The number of rotatable bonds is 6. The molecule has 4 rings (SSSR count). The summed E-state index contributed by atoms with van der Waals surface area (Å²) in [4.78, 5) is 53.3. The van der Waals surface area contributed by atoms with Crippen molar-refractivity contribution in [2.24, 2.45) is 7.05 Å². The highest BCUT2D eigenvalue weighted by molar-refractivity contribution is 7.19. The molecule has 0 radical (unpaired) electrons. The normalized spacial score (nSPS) is 11.5. The van der Waals surface area contributed by atoms with Crippen LogP contribution in [-0.2, 0) is 24.9 Å². The molecule has 0 bridgehead atoms. The number of nitrogens with zero attached hydrogens (tertiary/aromatic N) is 4. The third-order valence-electron chi connectivity index (χ3n) is 5.69. The highest BCUT2D eigenvalue weighted by atomic mass is 32.1. The Balaban J connectivity index is 2.05. The lowest BCUT2D eigenvalue weighted by Crippen LogP contribution is -2.38. The minimum Gasteiger partial charge on any atom is -0.343 e. The fraction of sp³-hybridized carbons (Fsp3) is 0.364. The third-order valence-corrected chi connectivity index (χ3v) is 6.91. The van der Waals surface area contributed by atoms with Crippen molar-refractivity contribution in [3.8, 4) is 0 Å². The van der Waals surface area contributed by atoms with Crippen molar-refractivity contribution in [2.45, 2.75) is 33.2 Å². The summed E-state index contributed by atoms with van der Waals surface area (Å²) in [5, 5.41) is 2.31. The molecule has 0 atom stereocenters. The molecule has 9 nitrogen and oxygen atoms in total. The Morgan fingerprint density at radius 3 is 2.78 bits per heavy atom. The molecule has 0 aromatic carbocycles. The number of pyridine rings is 1. The predicted octanol–water partition coefficient (Wildman–Crippen LogP) is 2.58. The molecule has 0 saturated carbocycles. The molecule has 4 heterocycles. The number of aryl methyl sites for hydroxylation is 2. The van der Waals surface area contributed by atoms with E-state index in [4.69, 9.17) is 4.84 Å². The van der Waals surface area contributed by atoms with E-state index in [9.17, 15) is 14.4 Å². The number of aromatic amines is 1. The Kier molecular flexibility index (Phi) is 5.74. The van der Waals surface area contributed by atoms with E-state index in [2.05, 4.69) is 9.97 Å². The molecule has 0 aliphatic carbocycles. The number of hydrogen-bond acceptors (Lipinski definition) is 6. The van der Waals surface area contributed by atoms with Gasteiger partial charge in [-0.15, -0.1) is 11.3 Å². The Morgan fingerprint density at radius 2 is 2.09 bits per heavy atom. The van der Waals surface area contributed by atoms with Gasteiger partial charge in [0.05, 0.1) is 18.1 Å². The zero-order valence-electron chi connectivity index (χ0n) is 18.7. The summed E-state index contributed by atoms with van der Waals surface area (Å²) in [6, 6.07) is 3.84. The molecular formula is C22H25N5O4S. The van der Waals surface area contributed by atoms with E-state index in [1.165, 1.54) is 32.5 Å². The molecule has 0 aliphatic heterocycles. The van der Waals surface area contributed by atoms with Gasteiger partial charge in [0, 0.05) is 49.2 Å². The number of fused-ring (bicyclic) bond motifs is 2. The molecule has 4 aromatic rings. The fourth-order valence-corrected chi connectivity index (χ4v) is 5.29. The molecule has 0 unspecified atom stereocenters. The van der Waals surface area contributed by atoms with Crippen molar-refractivity contribution in [3.05, 3.63) is 60.9 Å². The number of aromatic nitrogens is 4. The van der Waals surface area contributed by atoms with Crippen LogP contribution in [0.5, 0.6) is 0 Å². The maximum absolute atomic E-state index is 13.3. The first-order valence-corrected chi connectivity index (χ1v) is 11.1. The topological polar surface area (TPSA) is 102 Å². The van der Waals surface area contributed by atoms with Crippen LogP contribution in [0.2, 0.25) is 0 Å². The van der Waals surface area contributed by atoms with Crippen molar-refractivity contribution in [1.82, 2.24) is 24.2 Å². The summed E-state index contributed by atoms with van der Waals surface area (Å²) in [7, 11) is 4.34. The monoisotopic (exact) mass is 455 g/mol. The van der Waals surface area contributed by atoms with Gasteiger partial charge in [-0.05, 0) is 31.0 Å². The van der Waals surface area contributed by atoms with Crippen LogP contribution in [0.4, 0.5) is 0 Å². The average molecular weight is 456 g/mol. The van der Waals surface area contributed by atoms with Gasteiger partial charge in [-0.3, -0.25) is 23.6 Å². The quantitative estimate of drug-likeness (QED) is 0.450. The van der Waals surface area contributed by atoms with E-state index >= 15 is 0 Å². The highest BCUT2D eigenvalue weighted by Crippen LogP contribution is 2.34. The second-order valence-corrected chi connectivity index (χ2v) is 8.75. The Bertz CT molecular complexity index is 1460. The first kappa shape index (κ1) is 22.0.